The maximum Gasteiger partial charge on any atom is 0.307 e. The van der Waals surface area contributed by atoms with E-state index in [0.29, 0.717) is 38.8 Å². The van der Waals surface area contributed by atoms with Crippen molar-refractivity contribution in [1.29, 1.82) is 0 Å². The van der Waals surface area contributed by atoms with Gasteiger partial charge in [-0.25, -0.2) is 0 Å². The van der Waals surface area contributed by atoms with Crippen LogP contribution in [0.15, 0.2) is 109 Å². The van der Waals surface area contributed by atoms with Gasteiger partial charge < -0.3 is 24.2 Å². The molecule has 0 bridgehead atoms. The Labute approximate surface area is 389 Å². The van der Waals surface area contributed by atoms with Crippen LogP contribution >= 0.6 is 0 Å². The Hall–Kier alpha value is -5.07. The molecule has 2 aliphatic rings. The van der Waals surface area contributed by atoms with Crippen LogP contribution in [0.25, 0.3) is 0 Å². The number of Topliss-reactive ketones (excluding diaryl/α,β-unsaturated/α-hetero) is 1. The molecule has 2 unspecified atom stereocenters. The molecular formula is C54H74N6O5. The summed E-state index contributed by atoms with van der Waals surface area (Å²) in [5, 5.41) is 0. The number of ketones is 1. The third-order valence-corrected chi connectivity index (χ3v) is 14.1. The maximum atomic E-state index is 14.0. The molecule has 2 fully saturated rings. The Balaban J connectivity index is 0.824. The lowest BCUT2D eigenvalue weighted by Crippen LogP contribution is -2.52. The van der Waals surface area contributed by atoms with Gasteiger partial charge in [-0.2, -0.15) is 0 Å². The van der Waals surface area contributed by atoms with Gasteiger partial charge in [-0.05, 0) is 113 Å². The lowest BCUT2D eigenvalue weighted by molar-refractivity contribution is -0.152. The summed E-state index contributed by atoms with van der Waals surface area (Å²) < 4.78 is 10.8. The number of carbonyl (C=O) groups is 3. The number of esters is 2. The Bertz CT molecular complexity index is 2070. The highest BCUT2D eigenvalue weighted by molar-refractivity contribution is 6.03. The van der Waals surface area contributed by atoms with Crippen LogP contribution in [0.4, 0.5) is 11.4 Å². The monoisotopic (exact) mass is 887 g/mol. The molecule has 0 radical (unpaired) electrons. The third kappa shape index (κ3) is 13.5. The van der Waals surface area contributed by atoms with Crippen molar-refractivity contribution in [1.82, 2.24) is 19.6 Å². The molecule has 0 aliphatic carbocycles. The van der Waals surface area contributed by atoms with Gasteiger partial charge >= 0.3 is 11.9 Å². The molecule has 2 saturated heterocycles. The number of hydrogen-bond acceptors (Lipinski definition) is 11. The Morgan fingerprint density at radius 3 is 1.32 bits per heavy atom. The molecule has 2 atom stereocenters. The zero-order valence-corrected chi connectivity index (χ0v) is 40.1. The van der Waals surface area contributed by atoms with Crippen LogP contribution in [0.1, 0.15) is 66.6 Å². The quantitative estimate of drug-likeness (QED) is 0.0434. The van der Waals surface area contributed by atoms with Gasteiger partial charge in [-0.1, -0.05) is 86.6 Å². The van der Waals surface area contributed by atoms with Gasteiger partial charge in [0, 0.05) is 87.9 Å². The minimum absolute atomic E-state index is 0.0557. The summed E-state index contributed by atoms with van der Waals surface area (Å²) in [7, 11) is 8.39. The highest BCUT2D eigenvalue weighted by atomic mass is 16.6. The molecule has 0 aromatic heterocycles. The first-order chi connectivity index (χ1) is 31.4. The van der Waals surface area contributed by atoms with Crippen molar-refractivity contribution in [3.63, 3.8) is 0 Å². The molecule has 0 spiro atoms. The summed E-state index contributed by atoms with van der Waals surface area (Å²) in [4.78, 5) is 52.9. The molecule has 4 aromatic rings. The number of benzene rings is 4. The molecule has 11 heteroatoms. The summed E-state index contributed by atoms with van der Waals surface area (Å²) in [5.74, 6) is -0.407. The molecule has 0 N–H and O–H groups in total. The fraction of sp³-hybridized carbons (Fsp3) is 0.500. The number of rotatable bonds is 23. The number of ether oxygens (including phenoxy) is 2. The van der Waals surface area contributed by atoms with E-state index in [0.717, 1.165) is 88.4 Å². The zero-order valence-electron chi connectivity index (χ0n) is 40.1. The standard InChI is InChI=1S/C54H74N6O5/c1-7-53(55(3)4,41-44-15-11-9-12-16-44)42-46-19-23-48(24-20-46)59-35-31-57(32-36-59)29-27-50(61)64-39-40-65-51(62)28-30-58-33-37-60(38-34-58)49-25-21-47(22-26-49)52(63)54(8-2,56(5)6)43-45-17-13-10-14-18-45/h9-26H,7-8,27-43H2,1-6H3. The van der Waals surface area contributed by atoms with Crippen molar-refractivity contribution < 1.29 is 23.9 Å². The smallest absolute Gasteiger partial charge is 0.307 e. The van der Waals surface area contributed by atoms with Crippen molar-refractivity contribution in [3.8, 4) is 0 Å². The number of piperazine rings is 2. The van der Waals surface area contributed by atoms with E-state index < -0.39 is 5.54 Å². The Morgan fingerprint density at radius 2 is 0.923 bits per heavy atom. The lowest BCUT2D eigenvalue weighted by atomic mass is 9.80. The number of carbonyl (C=O) groups excluding carboxylic acids is 3. The normalized spacial score (nSPS) is 16.9. The minimum atomic E-state index is -0.618. The first kappa shape index (κ1) is 49.4. The van der Waals surface area contributed by atoms with E-state index in [1.807, 2.05) is 44.4 Å². The van der Waals surface area contributed by atoms with E-state index in [4.69, 9.17) is 9.47 Å². The van der Waals surface area contributed by atoms with Crippen molar-refractivity contribution in [2.45, 2.75) is 69.9 Å². The van der Waals surface area contributed by atoms with Crippen LogP contribution in [-0.4, -0.2) is 155 Å². The van der Waals surface area contributed by atoms with E-state index in [2.05, 4.69) is 136 Å². The third-order valence-electron chi connectivity index (χ3n) is 14.1. The predicted molar refractivity (Wildman–Crippen MR) is 263 cm³/mol. The number of likely N-dealkylation sites (N-methyl/N-ethyl adjacent to an activating group) is 2. The van der Waals surface area contributed by atoms with Crippen LogP contribution in [0.5, 0.6) is 0 Å². The second-order valence-corrected chi connectivity index (χ2v) is 18.4. The van der Waals surface area contributed by atoms with Gasteiger partial charge in [0.25, 0.3) is 0 Å². The summed E-state index contributed by atoms with van der Waals surface area (Å²) >= 11 is 0. The van der Waals surface area contributed by atoms with Crippen LogP contribution in [0, 0.1) is 0 Å². The molecule has 4 aromatic carbocycles. The largest absolute Gasteiger partial charge is 0.462 e. The fourth-order valence-corrected chi connectivity index (χ4v) is 9.61. The molecule has 0 saturated carbocycles. The van der Waals surface area contributed by atoms with Gasteiger partial charge in [-0.3, -0.25) is 29.1 Å². The Morgan fingerprint density at radius 1 is 0.508 bits per heavy atom. The molecule has 2 heterocycles. The van der Waals surface area contributed by atoms with E-state index in [1.54, 1.807) is 0 Å². The van der Waals surface area contributed by atoms with Gasteiger partial charge in [0.1, 0.15) is 13.2 Å². The van der Waals surface area contributed by atoms with Crippen molar-refractivity contribution >= 4 is 29.1 Å². The van der Waals surface area contributed by atoms with Gasteiger partial charge in [0.15, 0.2) is 5.78 Å². The van der Waals surface area contributed by atoms with Crippen LogP contribution in [-0.2, 0) is 38.3 Å². The van der Waals surface area contributed by atoms with Gasteiger partial charge in [0.2, 0.25) is 0 Å². The summed E-state index contributed by atoms with van der Waals surface area (Å²) in [6.45, 7) is 12.7. The number of hydrogen-bond donors (Lipinski definition) is 0. The van der Waals surface area contributed by atoms with Gasteiger partial charge in [0.05, 0.1) is 18.4 Å². The SMILES string of the molecule is CCC(Cc1ccccc1)(Cc1ccc(N2CCN(CCC(=O)OCCOC(=O)CCN3CCN(c4ccc(C(=O)C(CC)(Cc5ccccc5)N(C)C)cc4)CC3)CC2)cc1)N(C)C. The molecular weight excluding hydrogens is 813 g/mol. The second-order valence-electron chi connectivity index (χ2n) is 18.4. The molecule has 2 aliphatic heterocycles. The van der Waals surface area contributed by atoms with Crippen molar-refractivity contribution in [2.24, 2.45) is 0 Å². The van der Waals surface area contributed by atoms with Crippen LogP contribution in [0.2, 0.25) is 0 Å². The highest BCUT2D eigenvalue weighted by Crippen LogP contribution is 2.31. The summed E-state index contributed by atoms with van der Waals surface area (Å²) in [6, 6.07) is 38.2. The van der Waals surface area contributed by atoms with Crippen molar-refractivity contribution in [2.75, 3.05) is 117 Å². The summed E-state index contributed by atoms with van der Waals surface area (Å²) in [5.41, 5.74) is 6.38. The topological polar surface area (TPSA) is 89.1 Å². The van der Waals surface area contributed by atoms with E-state index in [9.17, 15) is 14.4 Å². The average molecular weight is 887 g/mol. The predicted octanol–water partition coefficient (Wildman–Crippen LogP) is 7.13. The van der Waals surface area contributed by atoms with Crippen molar-refractivity contribution in [3.05, 3.63) is 131 Å². The summed E-state index contributed by atoms with van der Waals surface area (Å²) in [6.07, 6.45) is 5.06. The highest BCUT2D eigenvalue weighted by Gasteiger charge is 2.39. The van der Waals surface area contributed by atoms with Gasteiger partial charge in [-0.15, -0.1) is 0 Å². The second kappa shape index (κ2) is 23.9. The number of nitrogens with zero attached hydrogens (tertiary/aromatic N) is 6. The molecule has 11 nitrogen and oxygen atoms in total. The lowest BCUT2D eigenvalue weighted by Gasteiger charge is -2.40. The van der Waals surface area contributed by atoms with E-state index in [-0.39, 0.29) is 36.5 Å². The Kier molecular flexibility index (Phi) is 18.2. The van der Waals surface area contributed by atoms with Crippen LogP contribution in [0.3, 0.4) is 0 Å². The van der Waals surface area contributed by atoms with E-state index in [1.165, 1.54) is 16.8 Å². The number of anilines is 2. The molecule has 350 valence electrons. The van der Waals surface area contributed by atoms with Crippen LogP contribution < -0.4 is 9.80 Å². The molecule has 0 amide bonds. The molecule has 65 heavy (non-hydrogen) atoms. The molecule has 6 rings (SSSR count). The minimum Gasteiger partial charge on any atom is -0.462 e. The maximum absolute atomic E-state index is 14.0. The van der Waals surface area contributed by atoms with E-state index >= 15 is 0 Å². The fourth-order valence-electron chi connectivity index (χ4n) is 9.61. The first-order valence-corrected chi connectivity index (χ1v) is 23.9. The average Bonchev–Trinajstić information content (AvgIpc) is 3.34. The first-order valence-electron chi connectivity index (χ1n) is 23.9. The zero-order chi connectivity index (χ0) is 46.2.